The van der Waals surface area contributed by atoms with Crippen molar-refractivity contribution in [3.8, 4) is 0 Å². The van der Waals surface area contributed by atoms with E-state index in [9.17, 15) is 4.79 Å². The maximum Gasteiger partial charge on any atom is 0.239 e. The van der Waals surface area contributed by atoms with Gasteiger partial charge in [-0.15, -0.1) is 11.3 Å². The number of carbonyl (C=O) groups excluding carboxylic acids is 1. The molecule has 2 rings (SSSR count). The van der Waals surface area contributed by atoms with E-state index < -0.39 is 0 Å². The number of aromatic nitrogens is 1. The van der Waals surface area contributed by atoms with Gasteiger partial charge >= 0.3 is 0 Å². The molecule has 21 heavy (non-hydrogen) atoms. The normalized spacial score (nSPS) is 17.8. The highest BCUT2D eigenvalue weighted by atomic mass is 32.1. The summed E-state index contributed by atoms with van der Waals surface area (Å²) in [5, 5.41) is 6.49. The molecule has 0 bridgehead atoms. The second-order valence-electron chi connectivity index (χ2n) is 6.87. The first-order chi connectivity index (χ1) is 9.88. The van der Waals surface area contributed by atoms with Crippen molar-refractivity contribution in [1.82, 2.24) is 15.2 Å². The van der Waals surface area contributed by atoms with Gasteiger partial charge in [-0.3, -0.25) is 10.1 Å². The molecule has 118 valence electrons. The van der Waals surface area contributed by atoms with E-state index in [1.165, 1.54) is 6.42 Å². The zero-order chi connectivity index (χ0) is 15.5. The van der Waals surface area contributed by atoms with Crippen LogP contribution in [0.15, 0.2) is 5.38 Å². The van der Waals surface area contributed by atoms with Gasteiger partial charge < -0.3 is 4.90 Å². The van der Waals surface area contributed by atoms with Gasteiger partial charge in [-0.25, -0.2) is 4.98 Å². The Labute approximate surface area is 132 Å². The highest BCUT2D eigenvalue weighted by Gasteiger charge is 2.22. The van der Waals surface area contributed by atoms with E-state index in [0.717, 1.165) is 36.6 Å². The van der Waals surface area contributed by atoms with Crippen LogP contribution in [-0.2, 0) is 16.8 Å². The Hall–Kier alpha value is -0.940. The molecule has 0 saturated carbocycles. The average molecular weight is 309 g/mol. The summed E-state index contributed by atoms with van der Waals surface area (Å²) in [6, 6.07) is -0.134. The minimum absolute atomic E-state index is 0.0873. The number of rotatable bonds is 4. The van der Waals surface area contributed by atoms with Crippen LogP contribution in [0, 0.1) is 0 Å². The Balaban J connectivity index is 1.84. The van der Waals surface area contributed by atoms with Gasteiger partial charge in [0.05, 0.1) is 11.7 Å². The summed E-state index contributed by atoms with van der Waals surface area (Å²) in [6.45, 7) is 11.0. The number of nitrogens with one attached hydrogen (secondary N) is 1. The summed E-state index contributed by atoms with van der Waals surface area (Å²) in [6.07, 6.45) is 3.53. The smallest absolute Gasteiger partial charge is 0.239 e. The van der Waals surface area contributed by atoms with Crippen molar-refractivity contribution in [1.29, 1.82) is 0 Å². The summed E-state index contributed by atoms with van der Waals surface area (Å²) in [4.78, 5) is 19.0. The third-order valence-electron chi connectivity index (χ3n) is 3.92. The molecule has 1 N–H and O–H groups in total. The fourth-order valence-electron chi connectivity index (χ4n) is 2.45. The Bertz CT molecular complexity index is 472. The van der Waals surface area contributed by atoms with Crippen LogP contribution in [0.3, 0.4) is 0 Å². The minimum Gasteiger partial charge on any atom is -0.341 e. The first-order valence-corrected chi connectivity index (χ1v) is 8.73. The van der Waals surface area contributed by atoms with Crippen LogP contribution in [0.4, 0.5) is 0 Å². The van der Waals surface area contributed by atoms with Crippen LogP contribution in [0.2, 0.25) is 0 Å². The number of hydrogen-bond donors (Lipinski definition) is 1. The molecule has 0 aliphatic carbocycles. The lowest BCUT2D eigenvalue weighted by atomic mass is 9.93. The molecular formula is C16H27N3OS. The third kappa shape index (κ3) is 4.51. The molecule has 2 heterocycles. The molecule has 1 saturated heterocycles. The Morgan fingerprint density at radius 2 is 2.05 bits per heavy atom. The van der Waals surface area contributed by atoms with E-state index in [1.807, 2.05) is 11.8 Å². The molecule has 1 aliphatic heterocycles. The maximum absolute atomic E-state index is 12.3. The molecule has 5 heteroatoms. The SMILES string of the molecule is CC(NCc1nc(C(C)(C)C)cs1)C(=O)N1CCCCC1. The molecule has 1 unspecified atom stereocenters. The van der Waals surface area contributed by atoms with E-state index in [1.54, 1.807) is 11.3 Å². The van der Waals surface area contributed by atoms with Crippen molar-refractivity contribution in [2.45, 2.75) is 65.0 Å². The minimum atomic E-state index is -0.134. The molecular weight excluding hydrogens is 282 g/mol. The first-order valence-electron chi connectivity index (χ1n) is 7.85. The monoisotopic (exact) mass is 309 g/mol. The standard InChI is InChI=1S/C16H27N3OS/c1-12(15(20)19-8-6-5-7-9-19)17-10-14-18-13(11-21-14)16(2,3)4/h11-12,17H,5-10H2,1-4H3. The average Bonchev–Trinajstić information content (AvgIpc) is 2.94. The predicted octanol–water partition coefficient (Wildman–Crippen LogP) is 2.93. The molecule has 1 fully saturated rings. The predicted molar refractivity (Wildman–Crippen MR) is 87.5 cm³/mol. The Morgan fingerprint density at radius 1 is 1.38 bits per heavy atom. The summed E-state index contributed by atoms with van der Waals surface area (Å²) in [7, 11) is 0. The van der Waals surface area contributed by atoms with Crippen molar-refractivity contribution in [3.63, 3.8) is 0 Å². The summed E-state index contributed by atoms with van der Waals surface area (Å²) in [5.74, 6) is 0.224. The van der Waals surface area contributed by atoms with Crippen LogP contribution in [-0.4, -0.2) is 34.9 Å². The summed E-state index contributed by atoms with van der Waals surface area (Å²) < 4.78 is 0. The number of piperidine rings is 1. The van der Waals surface area contributed by atoms with Gasteiger partial charge in [0.2, 0.25) is 5.91 Å². The molecule has 0 aromatic carbocycles. The number of thiazole rings is 1. The highest BCUT2D eigenvalue weighted by molar-refractivity contribution is 7.09. The van der Waals surface area contributed by atoms with E-state index >= 15 is 0 Å². The van der Waals surface area contributed by atoms with Crippen molar-refractivity contribution in [3.05, 3.63) is 16.1 Å². The number of likely N-dealkylation sites (tertiary alicyclic amines) is 1. The maximum atomic E-state index is 12.3. The Morgan fingerprint density at radius 3 is 2.62 bits per heavy atom. The van der Waals surface area contributed by atoms with Gasteiger partial charge in [-0.2, -0.15) is 0 Å². The molecule has 0 spiro atoms. The Kier molecular flexibility index (Phi) is 5.38. The molecule has 1 aliphatic rings. The molecule has 4 nitrogen and oxygen atoms in total. The fourth-order valence-corrected chi connectivity index (χ4v) is 3.42. The van der Waals surface area contributed by atoms with E-state index in [0.29, 0.717) is 6.54 Å². The summed E-state index contributed by atoms with van der Waals surface area (Å²) in [5.41, 5.74) is 1.21. The number of carbonyl (C=O) groups is 1. The van der Waals surface area contributed by atoms with Crippen LogP contribution < -0.4 is 5.32 Å². The van der Waals surface area contributed by atoms with Gasteiger partial charge in [0, 0.05) is 30.4 Å². The second kappa shape index (κ2) is 6.88. The first kappa shape index (κ1) is 16.4. The van der Waals surface area contributed by atoms with Crippen LogP contribution in [0.5, 0.6) is 0 Å². The largest absolute Gasteiger partial charge is 0.341 e. The van der Waals surface area contributed by atoms with Crippen LogP contribution in [0.25, 0.3) is 0 Å². The van der Waals surface area contributed by atoms with Crippen molar-refractivity contribution < 1.29 is 4.79 Å². The fraction of sp³-hybridized carbons (Fsp3) is 0.750. The number of hydrogen-bond acceptors (Lipinski definition) is 4. The molecule has 0 radical (unpaired) electrons. The molecule has 1 aromatic rings. The highest BCUT2D eigenvalue weighted by Crippen LogP contribution is 2.23. The molecule has 1 amide bonds. The van der Waals surface area contributed by atoms with Gasteiger partial charge in [-0.1, -0.05) is 20.8 Å². The lowest BCUT2D eigenvalue weighted by Crippen LogP contribution is -2.46. The van der Waals surface area contributed by atoms with Crippen molar-refractivity contribution in [2.75, 3.05) is 13.1 Å². The van der Waals surface area contributed by atoms with E-state index in [2.05, 4.69) is 36.5 Å². The topological polar surface area (TPSA) is 45.2 Å². The van der Waals surface area contributed by atoms with Gasteiger partial charge in [0.25, 0.3) is 0 Å². The lowest BCUT2D eigenvalue weighted by Gasteiger charge is -2.29. The zero-order valence-electron chi connectivity index (χ0n) is 13.6. The van der Waals surface area contributed by atoms with Crippen LogP contribution >= 0.6 is 11.3 Å². The molecule has 1 atom stereocenters. The van der Waals surface area contributed by atoms with E-state index in [4.69, 9.17) is 0 Å². The number of nitrogens with zero attached hydrogens (tertiary/aromatic N) is 2. The number of amides is 1. The van der Waals surface area contributed by atoms with E-state index in [-0.39, 0.29) is 17.4 Å². The van der Waals surface area contributed by atoms with Gasteiger partial charge in [-0.05, 0) is 26.2 Å². The van der Waals surface area contributed by atoms with Gasteiger partial charge in [0.1, 0.15) is 5.01 Å². The molecule has 1 aromatic heterocycles. The second-order valence-corrected chi connectivity index (χ2v) is 7.81. The summed E-state index contributed by atoms with van der Waals surface area (Å²) >= 11 is 1.67. The zero-order valence-corrected chi connectivity index (χ0v) is 14.4. The third-order valence-corrected chi connectivity index (χ3v) is 4.77. The lowest BCUT2D eigenvalue weighted by molar-refractivity contribution is -0.133. The van der Waals surface area contributed by atoms with Gasteiger partial charge in [0.15, 0.2) is 0 Å². The van der Waals surface area contributed by atoms with Crippen molar-refractivity contribution in [2.24, 2.45) is 0 Å². The van der Waals surface area contributed by atoms with Crippen molar-refractivity contribution >= 4 is 17.2 Å². The van der Waals surface area contributed by atoms with Crippen LogP contribution in [0.1, 0.15) is 57.7 Å². The quantitative estimate of drug-likeness (QED) is 0.930.